The fraction of sp³-hybridized carbons (Fsp3) is 0.211. The Bertz CT molecular complexity index is 672. The van der Waals surface area contributed by atoms with Gasteiger partial charge in [0, 0.05) is 18.9 Å². The van der Waals surface area contributed by atoms with Gasteiger partial charge in [0.15, 0.2) is 0 Å². The van der Waals surface area contributed by atoms with E-state index in [1.165, 1.54) is 5.56 Å². The summed E-state index contributed by atoms with van der Waals surface area (Å²) in [6.07, 6.45) is 3.59. The molecule has 23 heavy (non-hydrogen) atoms. The van der Waals surface area contributed by atoms with Crippen molar-refractivity contribution in [3.8, 4) is 0 Å². The molecule has 2 atom stereocenters. The molecule has 0 radical (unpaired) electrons. The number of hydrogen-bond acceptors (Lipinski definition) is 4. The molecule has 1 aromatic carbocycles. The highest BCUT2D eigenvalue weighted by Crippen LogP contribution is 2.26. The summed E-state index contributed by atoms with van der Waals surface area (Å²) in [5, 5.41) is 18.2. The summed E-state index contributed by atoms with van der Waals surface area (Å²) in [7, 11) is 0. The number of aliphatic hydroxyl groups is 1. The predicted octanol–water partition coefficient (Wildman–Crippen LogP) is 3.73. The topological polar surface area (TPSA) is 45.1 Å². The molecule has 4 heteroatoms. The molecule has 0 fully saturated rings. The monoisotopic (exact) mass is 324 g/mol. The van der Waals surface area contributed by atoms with Crippen molar-refractivity contribution in [1.82, 2.24) is 10.3 Å². The molecule has 0 amide bonds. The van der Waals surface area contributed by atoms with E-state index >= 15 is 0 Å². The van der Waals surface area contributed by atoms with Crippen LogP contribution in [0.25, 0.3) is 0 Å². The number of pyridine rings is 1. The first kappa shape index (κ1) is 15.9. The average Bonchev–Trinajstić information content (AvgIpc) is 3.12. The van der Waals surface area contributed by atoms with Crippen LogP contribution in [-0.4, -0.2) is 16.6 Å². The SMILES string of the molecule is CC(O)(CNC(c1ccccc1)c1ccncc1)c1ccsc1. The molecule has 3 rings (SSSR count). The van der Waals surface area contributed by atoms with Crippen molar-refractivity contribution in [3.05, 3.63) is 88.4 Å². The van der Waals surface area contributed by atoms with Gasteiger partial charge in [-0.3, -0.25) is 4.98 Å². The second-order valence-corrected chi connectivity index (χ2v) is 6.57. The quantitative estimate of drug-likeness (QED) is 0.726. The van der Waals surface area contributed by atoms with Crippen molar-refractivity contribution >= 4 is 11.3 Å². The molecule has 2 N–H and O–H groups in total. The Morgan fingerprint density at radius 1 is 1.09 bits per heavy atom. The summed E-state index contributed by atoms with van der Waals surface area (Å²) in [6, 6.07) is 16.3. The number of nitrogens with one attached hydrogen (secondary N) is 1. The number of nitrogens with zero attached hydrogens (tertiary/aromatic N) is 1. The highest BCUT2D eigenvalue weighted by Gasteiger charge is 2.25. The third-order valence-corrected chi connectivity index (χ3v) is 4.65. The standard InChI is InChI=1S/C19H20N2OS/c1-19(22,17-9-12-23-13-17)14-21-18(15-5-3-2-4-6-15)16-7-10-20-11-8-16/h2-13,18,21-22H,14H2,1H3. The van der Waals surface area contributed by atoms with Crippen molar-refractivity contribution in [2.45, 2.75) is 18.6 Å². The Morgan fingerprint density at radius 3 is 2.43 bits per heavy atom. The molecule has 0 aliphatic heterocycles. The molecule has 3 aromatic rings. The molecule has 2 aromatic heterocycles. The van der Waals surface area contributed by atoms with Gasteiger partial charge in [0.2, 0.25) is 0 Å². The zero-order valence-electron chi connectivity index (χ0n) is 13.0. The van der Waals surface area contributed by atoms with Crippen LogP contribution in [-0.2, 0) is 5.60 Å². The Kier molecular flexibility index (Phi) is 4.86. The summed E-state index contributed by atoms with van der Waals surface area (Å²) in [6.45, 7) is 2.31. The van der Waals surface area contributed by atoms with Gasteiger partial charge in [-0.2, -0.15) is 11.3 Å². The van der Waals surface area contributed by atoms with Crippen molar-refractivity contribution < 1.29 is 5.11 Å². The Balaban J connectivity index is 1.83. The minimum absolute atomic E-state index is 0.0179. The second kappa shape index (κ2) is 7.04. The molecular formula is C19H20N2OS. The smallest absolute Gasteiger partial charge is 0.100 e. The zero-order chi connectivity index (χ0) is 16.1. The molecule has 2 unspecified atom stereocenters. The molecule has 2 heterocycles. The molecule has 0 spiro atoms. The van der Waals surface area contributed by atoms with Gasteiger partial charge in [-0.05, 0) is 52.6 Å². The van der Waals surface area contributed by atoms with Gasteiger partial charge < -0.3 is 10.4 Å². The maximum Gasteiger partial charge on any atom is 0.100 e. The lowest BCUT2D eigenvalue weighted by Crippen LogP contribution is -2.37. The lowest BCUT2D eigenvalue weighted by Gasteiger charge is -2.27. The van der Waals surface area contributed by atoms with Gasteiger partial charge in [0.05, 0.1) is 6.04 Å². The van der Waals surface area contributed by atoms with Crippen LogP contribution in [0.2, 0.25) is 0 Å². The van der Waals surface area contributed by atoms with Crippen LogP contribution in [0.1, 0.15) is 29.7 Å². The number of aromatic nitrogens is 1. The van der Waals surface area contributed by atoms with E-state index in [1.807, 2.05) is 54.1 Å². The van der Waals surface area contributed by atoms with Crippen molar-refractivity contribution in [1.29, 1.82) is 0 Å². The number of hydrogen-bond donors (Lipinski definition) is 2. The fourth-order valence-electron chi connectivity index (χ4n) is 2.60. The summed E-state index contributed by atoms with van der Waals surface area (Å²) in [4.78, 5) is 4.10. The summed E-state index contributed by atoms with van der Waals surface area (Å²) >= 11 is 1.60. The van der Waals surface area contributed by atoms with Gasteiger partial charge in [-0.25, -0.2) is 0 Å². The summed E-state index contributed by atoms with van der Waals surface area (Å²) in [5.41, 5.74) is 2.34. The lowest BCUT2D eigenvalue weighted by molar-refractivity contribution is 0.0555. The van der Waals surface area contributed by atoms with Gasteiger partial charge in [-0.15, -0.1) is 0 Å². The Labute approximate surface area is 140 Å². The molecule has 0 bridgehead atoms. The first-order valence-corrected chi connectivity index (χ1v) is 8.54. The fourth-order valence-corrected chi connectivity index (χ4v) is 3.39. The van der Waals surface area contributed by atoms with Crippen LogP contribution in [0, 0.1) is 0 Å². The van der Waals surface area contributed by atoms with Crippen LogP contribution < -0.4 is 5.32 Å². The lowest BCUT2D eigenvalue weighted by atomic mass is 9.95. The number of benzene rings is 1. The van der Waals surface area contributed by atoms with E-state index in [-0.39, 0.29) is 6.04 Å². The molecule has 3 nitrogen and oxygen atoms in total. The zero-order valence-corrected chi connectivity index (χ0v) is 13.8. The van der Waals surface area contributed by atoms with Crippen LogP contribution in [0.15, 0.2) is 71.7 Å². The highest BCUT2D eigenvalue weighted by molar-refractivity contribution is 7.08. The molecule has 0 aliphatic carbocycles. The van der Waals surface area contributed by atoms with Gasteiger partial charge in [0.1, 0.15) is 5.60 Å². The average molecular weight is 324 g/mol. The minimum atomic E-state index is -0.903. The van der Waals surface area contributed by atoms with Crippen LogP contribution in [0.4, 0.5) is 0 Å². The predicted molar refractivity (Wildman–Crippen MR) is 94.4 cm³/mol. The molecule has 0 saturated heterocycles. The van der Waals surface area contributed by atoms with Crippen molar-refractivity contribution in [2.24, 2.45) is 0 Å². The van der Waals surface area contributed by atoms with E-state index in [9.17, 15) is 5.11 Å². The van der Waals surface area contributed by atoms with Gasteiger partial charge in [-0.1, -0.05) is 30.3 Å². The Hall–Kier alpha value is -2.01. The molecular weight excluding hydrogens is 304 g/mol. The highest BCUT2D eigenvalue weighted by atomic mass is 32.1. The van der Waals surface area contributed by atoms with Crippen molar-refractivity contribution in [3.63, 3.8) is 0 Å². The maximum absolute atomic E-state index is 10.7. The van der Waals surface area contributed by atoms with E-state index in [0.29, 0.717) is 6.54 Å². The second-order valence-electron chi connectivity index (χ2n) is 5.79. The molecule has 0 saturated carbocycles. The summed E-state index contributed by atoms with van der Waals surface area (Å²) < 4.78 is 0. The van der Waals surface area contributed by atoms with E-state index in [2.05, 4.69) is 22.4 Å². The first-order chi connectivity index (χ1) is 11.2. The van der Waals surface area contributed by atoms with Crippen molar-refractivity contribution in [2.75, 3.05) is 6.54 Å². The van der Waals surface area contributed by atoms with E-state index < -0.39 is 5.60 Å². The van der Waals surface area contributed by atoms with E-state index in [4.69, 9.17) is 0 Å². The van der Waals surface area contributed by atoms with Gasteiger partial charge >= 0.3 is 0 Å². The molecule has 118 valence electrons. The Morgan fingerprint density at radius 2 is 1.78 bits per heavy atom. The third kappa shape index (κ3) is 3.85. The van der Waals surface area contributed by atoms with E-state index in [1.54, 1.807) is 23.7 Å². The van der Waals surface area contributed by atoms with Crippen LogP contribution >= 0.6 is 11.3 Å². The normalized spacial score (nSPS) is 15.0. The molecule has 0 aliphatic rings. The minimum Gasteiger partial charge on any atom is -0.384 e. The number of rotatable bonds is 6. The largest absolute Gasteiger partial charge is 0.384 e. The summed E-state index contributed by atoms with van der Waals surface area (Å²) in [5.74, 6) is 0. The van der Waals surface area contributed by atoms with Crippen LogP contribution in [0.5, 0.6) is 0 Å². The maximum atomic E-state index is 10.7. The third-order valence-electron chi connectivity index (χ3n) is 3.97. The van der Waals surface area contributed by atoms with Crippen LogP contribution in [0.3, 0.4) is 0 Å². The van der Waals surface area contributed by atoms with E-state index in [0.717, 1.165) is 11.1 Å². The number of thiophene rings is 1. The van der Waals surface area contributed by atoms with Gasteiger partial charge in [0.25, 0.3) is 0 Å². The first-order valence-electron chi connectivity index (χ1n) is 7.60.